The van der Waals surface area contributed by atoms with Gasteiger partial charge in [0.1, 0.15) is 11.4 Å². The summed E-state index contributed by atoms with van der Waals surface area (Å²) < 4.78 is 2.82. The summed E-state index contributed by atoms with van der Waals surface area (Å²) in [6, 6.07) is 6.63. The van der Waals surface area contributed by atoms with E-state index in [0.717, 1.165) is 21.4 Å². The largest absolute Gasteiger partial charge is 0.399 e. The number of aromatic amines is 1. The summed E-state index contributed by atoms with van der Waals surface area (Å²) in [5.74, 6) is 0.820. The van der Waals surface area contributed by atoms with Crippen molar-refractivity contribution in [3.8, 4) is 0 Å². The number of halogens is 1. The fourth-order valence-electron chi connectivity index (χ4n) is 3.26. The first-order chi connectivity index (χ1) is 11.9. The van der Waals surface area contributed by atoms with Gasteiger partial charge in [-0.05, 0) is 31.5 Å². The molecular weight excluding hydrogens is 386 g/mol. The Kier molecular flexibility index (Phi) is 3.54. The van der Waals surface area contributed by atoms with Crippen molar-refractivity contribution in [2.24, 2.45) is 4.99 Å². The van der Waals surface area contributed by atoms with Crippen molar-refractivity contribution >= 4 is 39.7 Å². The Hall–Kier alpha value is -2.48. The molecule has 8 heteroatoms. The molecule has 128 valence electrons. The van der Waals surface area contributed by atoms with Crippen molar-refractivity contribution in [3.63, 3.8) is 0 Å². The van der Waals surface area contributed by atoms with Crippen LogP contribution in [0, 0.1) is 13.8 Å². The number of carbonyl (C=O) groups is 2. The molecule has 2 aliphatic heterocycles. The molecule has 0 spiro atoms. The summed E-state index contributed by atoms with van der Waals surface area (Å²) in [6.07, 6.45) is 0. The molecule has 1 fully saturated rings. The molecule has 1 N–H and O–H groups in total. The van der Waals surface area contributed by atoms with Crippen molar-refractivity contribution < 1.29 is 14.2 Å². The topological polar surface area (TPSA) is 72.7 Å². The molecule has 2 aromatic rings. The molecule has 1 aromatic carbocycles. The standard InChI is InChI=1S/C17H16BrN5O2/c1-9-10(2)23-13-14(20-16(23)19-9)21(3)17(25)22(15(13)24)8-11-4-6-12(18)7-5-11/h4-7,13H,8H2,1-3H3/p+1. The third-order valence-electron chi connectivity index (χ3n) is 4.77. The second-order valence-corrected chi connectivity index (χ2v) is 7.21. The highest BCUT2D eigenvalue weighted by molar-refractivity contribution is 9.10. The van der Waals surface area contributed by atoms with Crippen LogP contribution in [0.15, 0.2) is 33.7 Å². The Morgan fingerprint density at radius 1 is 1.24 bits per heavy atom. The van der Waals surface area contributed by atoms with Crippen LogP contribution in [-0.4, -0.2) is 39.6 Å². The van der Waals surface area contributed by atoms with Crippen LogP contribution >= 0.6 is 15.9 Å². The highest BCUT2D eigenvalue weighted by Gasteiger charge is 2.53. The quantitative estimate of drug-likeness (QED) is 0.783. The van der Waals surface area contributed by atoms with Gasteiger partial charge in [0.05, 0.1) is 6.54 Å². The number of imidazole rings is 1. The molecule has 1 saturated heterocycles. The van der Waals surface area contributed by atoms with Crippen molar-refractivity contribution in [2.75, 3.05) is 7.05 Å². The summed E-state index contributed by atoms with van der Waals surface area (Å²) in [7, 11) is 1.66. The number of amides is 3. The van der Waals surface area contributed by atoms with Gasteiger partial charge in [-0.15, -0.1) is 0 Å². The zero-order valence-electron chi connectivity index (χ0n) is 14.1. The lowest BCUT2D eigenvalue weighted by Gasteiger charge is -2.33. The second kappa shape index (κ2) is 5.52. The number of aliphatic imine (C=N–C) groups is 1. The van der Waals surface area contributed by atoms with E-state index >= 15 is 0 Å². The van der Waals surface area contributed by atoms with Gasteiger partial charge in [0, 0.05) is 11.5 Å². The molecule has 2 aliphatic rings. The van der Waals surface area contributed by atoms with Crippen molar-refractivity contribution in [1.29, 1.82) is 0 Å². The minimum Gasteiger partial charge on any atom is -0.270 e. The summed E-state index contributed by atoms with van der Waals surface area (Å²) in [5.41, 5.74) is 2.80. The van der Waals surface area contributed by atoms with E-state index in [1.54, 1.807) is 7.05 Å². The van der Waals surface area contributed by atoms with E-state index in [-0.39, 0.29) is 18.5 Å². The smallest absolute Gasteiger partial charge is 0.270 e. The summed E-state index contributed by atoms with van der Waals surface area (Å²) in [4.78, 5) is 36.2. The number of rotatable bonds is 2. The molecule has 0 saturated carbocycles. The normalized spacial score (nSPS) is 19.2. The van der Waals surface area contributed by atoms with Crippen LogP contribution in [0.4, 0.5) is 10.7 Å². The van der Waals surface area contributed by atoms with E-state index in [2.05, 4.69) is 25.9 Å². The number of nitrogens with one attached hydrogen (secondary N) is 1. The Balaban J connectivity index is 1.73. The van der Waals surface area contributed by atoms with E-state index < -0.39 is 6.04 Å². The Labute approximate surface area is 153 Å². The van der Waals surface area contributed by atoms with Gasteiger partial charge in [0.2, 0.25) is 11.9 Å². The first-order valence-electron chi connectivity index (χ1n) is 7.91. The van der Waals surface area contributed by atoms with Crippen LogP contribution in [-0.2, 0) is 11.3 Å². The van der Waals surface area contributed by atoms with Gasteiger partial charge in [-0.3, -0.25) is 14.6 Å². The zero-order chi connectivity index (χ0) is 17.9. The van der Waals surface area contributed by atoms with E-state index in [1.807, 2.05) is 42.7 Å². The molecule has 3 heterocycles. The van der Waals surface area contributed by atoms with Gasteiger partial charge >= 0.3 is 12.0 Å². The summed E-state index contributed by atoms with van der Waals surface area (Å²) in [5, 5.41) is 0. The third kappa shape index (κ3) is 2.31. The van der Waals surface area contributed by atoms with Gasteiger partial charge in [-0.1, -0.05) is 33.1 Å². The monoisotopic (exact) mass is 402 g/mol. The van der Waals surface area contributed by atoms with E-state index in [4.69, 9.17) is 0 Å². The molecule has 0 radical (unpaired) electrons. The number of carbonyl (C=O) groups excluding carboxylic acids is 2. The molecule has 1 unspecified atom stereocenters. The van der Waals surface area contributed by atoms with Gasteiger partial charge in [0.25, 0.3) is 5.91 Å². The first kappa shape index (κ1) is 16.0. The molecular formula is C17H17BrN5O2+. The molecule has 1 atom stereocenters. The van der Waals surface area contributed by atoms with Gasteiger partial charge in [-0.25, -0.2) is 14.3 Å². The van der Waals surface area contributed by atoms with Crippen LogP contribution < -0.4 is 4.57 Å². The molecule has 0 aliphatic carbocycles. The van der Waals surface area contributed by atoms with Crippen LogP contribution in [0.2, 0.25) is 0 Å². The van der Waals surface area contributed by atoms with Crippen molar-refractivity contribution in [2.45, 2.75) is 26.4 Å². The van der Waals surface area contributed by atoms with Crippen LogP contribution in [0.1, 0.15) is 23.0 Å². The van der Waals surface area contributed by atoms with E-state index in [0.29, 0.717) is 11.8 Å². The number of nitrogens with zero attached hydrogens (tertiary/aromatic N) is 4. The molecule has 25 heavy (non-hydrogen) atoms. The number of urea groups is 1. The molecule has 7 nitrogen and oxygen atoms in total. The fraction of sp³-hybridized carbons (Fsp3) is 0.294. The van der Waals surface area contributed by atoms with Gasteiger partial charge in [-0.2, -0.15) is 0 Å². The minimum atomic E-state index is -0.599. The summed E-state index contributed by atoms with van der Waals surface area (Å²) in [6.45, 7) is 4.12. The maximum absolute atomic E-state index is 13.1. The average Bonchev–Trinajstić information content (AvgIpc) is 3.08. The summed E-state index contributed by atoms with van der Waals surface area (Å²) >= 11 is 3.39. The van der Waals surface area contributed by atoms with E-state index in [1.165, 1.54) is 9.80 Å². The number of fused-ring (bicyclic) bond motifs is 3. The molecule has 4 rings (SSSR count). The Morgan fingerprint density at radius 3 is 2.60 bits per heavy atom. The SMILES string of the molecule is Cc1[nH]c2[n+](c1C)C1C(=O)N(Cc3ccc(Br)cc3)C(=O)N(C)C1=N2. The predicted octanol–water partition coefficient (Wildman–Crippen LogP) is 2.36. The van der Waals surface area contributed by atoms with Crippen LogP contribution in [0.3, 0.4) is 0 Å². The third-order valence-corrected chi connectivity index (χ3v) is 5.30. The highest BCUT2D eigenvalue weighted by atomic mass is 79.9. The minimum absolute atomic E-state index is 0.234. The lowest BCUT2D eigenvalue weighted by molar-refractivity contribution is -0.682. The Morgan fingerprint density at radius 2 is 1.92 bits per heavy atom. The lowest BCUT2D eigenvalue weighted by Crippen LogP contribution is -2.63. The maximum atomic E-state index is 13.1. The predicted molar refractivity (Wildman–Crippen MR) is 94.4 cm³/mol. The number of imide groups is 1. The van der Waals surface area contributed by atoms with Gasteiger partial charge < -0.3 is 0 Å². The maximum Gasteiger partial charge on any atom is 0.399 e. The zero-order valence-corrected chi connectivity index (χ0v) is 15.7. The number of aromatic nitrogens is 2. The first-order valence-corrected chi connectivity index (χ1v) is 8.70. The molecule has 3 amide bonds. The molecule has 1 aromatic heterocycles. The molecule has 0 bridgehead atoms. The van der Waals surface area contributed by atoms with E-state index in [9.17, 15) is 9.59 Å². The van der Waals surface area contributed by atoms with Crippen LogP contribution in [0.25, 0.3) is 0 Å². The number of amidine groups is 1. The number of hydrogen-bond donors (Lipinski definition) is 1. The van der Waals surface area contributed by atoms with Crippen molar-refractivity contribution in [1.82, 2.24) is 14.8 Å². The fourth-order valence-corrected chi connectivity index (χ4v) is 3.52. The number of benzene rings is 1. The van der Waals surface area contributed by atoms with Crippen LogP contribution in [0.5, 0.6) is 0 Å². The highest BCUT2D eigenvalue weighted by Crippen LogP contribution is 2.29. The number of H-pyrrole nitrogens is 1. The Bertz CT molecular complexity index is 931. The number of likely N-dealkylation sites (N-methyl/N-ethyl adjacent to an activating group) is 1. The number of hydrogen-bond acceptors (Lipinski definition) is 3. The van der Waals surface area contributed by atoms with Gasteiger partial charge in [0.15, 0.2) is 0 Å². The lowest BCUT2D eigenvalue weighted by atomic mass is 10.1. The van der Waals surface area contributed by atoms with Crippen molar-refractivity contribution in [3.05, 3.63) is 45.7 Å². The number of aryl methyl sites for hydroxylation is 1. The average molecular weight is 403 g/mol. The second-order valence-electron chi connectivity index (χ2n) is 6.29.